The molecule has 7 nitrogen and oxygen atoms in total. The fourth-order valence-electron chi connectivity index (χ4n) is 3.23. The second-order valence-corrected chi connectivity index (χ2v) is 6.10. The predicted molar refractivity (Wildman–Crippen MR) is 101 cm³/mol. The van der Waals surface area contributed by atoms with Gasteiger partial charge in [-0.3, -0.25) is 4.79 Å². The van der Waals surface area contributed by atoms with E-state index in [4.69, 9.17) is 0 Å². The van der Waals surface area contributed by atoms with Crippen LogP contribution in [0.1, 0.15) is 43.7 Å². The maximum Gasteiger partial charge on any atom is 0.335 e. The second-order valence-electron chi connectivity index (χ2n) is 6.10. The van der Waals surface area contributed by atoms with Crippen molar-refractivity contribution in [2.75, 3.05) is 5.32 Å². The minimum Gasteiger partial charge on any atom is -0.478 e. The van der Waals surface area contributed by atoms with Crippen molar-refractivity contribution < 1.29 is 24.6 Å². The van der Waals surface area contributed by atoms with Gasteiger partial charge in [0.2, 0.25) is 0 Å². The highest BCUT2D eigenvalue weighted by molar-refractivity contribution is 6.09. The summed E-state index contributed by atoms with van der Waals surface area (Å²) in [7, 11) is 0. The van der Waals surface area contributed by atoms with E-state index >= 15 is 0 Å². The molecule has 0 aliphatic heterocycles. The van der Waals surface area contributed by atoms with Crippen LogP contribution in [0.4, 0.5) is 5.69 Å². The molecule has 1 aromatic heterocycles. The average Bonchev–Trinajstić information content (AvgIpc) is 2.93. The number of aromatic carboxylic acids is 2. The molecule has 27 heavy (non-hydrogen) atoms. The largest absolute Gasteiger partial charge is 0.478 e. The van der Waals surface area contributed by atoms with Crippen LogP contribution in [0.3, 0.4) is 0 Å². The van der Waals surface area contributed by atoms with Gasteiger partial charge in [0.1, 0.15) is 5.69 Å². The molecule has 0 aliphatic rings. The Labute approximate surface area is 154 Å². The lowest BCUT2D eigenvalue weighted by molar-refractivity contribution is 0.0696. The Kier molecular flexibility index (Phi) is 4.68. The summed E-state index contributed by atoms with van der Waals surface area (Å²) in [5.74, 6) is -2.97. The summed E-state index contributed by atoms with van der Waals surface area (Å²) < 4.78 is 1.87. The number of amides is 1. The summed E-state index contributed by atoms with van der Waals surface area (Å²) in [6, 6.07) is 11.2. The monoisotopic (exact) mass is 366 g/mol. The number of aryl methyl sites for hydroxylation is 2. The summed E-state index contributed by atoms with van der Waals surface area (Å²) in [6.45, 7) is 4.35. The highest BCUT2D eigenvalue weighted by Crippen LogP contribution is 2.26. The van der Waals surface area contributed by atoms with Gasteiger partial charge in [-0.2, -0.15) is 0 Å². The number of hydrogen-bond donors (Lipinski definition) is 3. The lowest BCUT2D eigenvalue weighted by Crippen LogP contribution is -2.18. The normalized spacial score (nSPS) is 10.7. The van der Waals surface area contributed by atoms with E-state index in [0.29, 0.717) is 12.2 Å². The van der Waals surface area contributed by atoms with E-state index < -0.39 is 17.8 Å². The number of para-hydroxylation sites is 1. The van der Waals surface area contributed by atoms with Crippen molar-refractivity contribution in [2.24, 2.45) is 0 Å². The van der Waals surface area contributed by atoms with Crippen LogP contribution in [0.25, 0.3) is 10.9 Å². The minimum absolute atomic E-state index is 0.115. The number of fused-ring (bicyclic) bond motifs is 1. The van der Waals surface area contributed by atoms with Gasteiger partial charge < -0.3 is 20.1 Å². The van der Waals surface area contributed by atoms with Gasteiger partial charge in [-0.15, -0.1) is 0 Å². The van der Waals surface area contributed by atoms with E-state index in [1.165, 1.54) is 12.1 Å². The van der Waals surface area contributed by atoms with Gasteiger partial charge in [0.25, 0.3) is 5.91 Å². The molecule has 3 rings (SSSR count). The highest BCUT2D eigenvalue weighted by atomic mass is 16.4. The van der Waals surface area contributed by atoms with Crippen molar-refractivity contribution in [1.82, 2.24) is 4.57 Å². The van der Waals surface area contributed by atoms with Crippen LogP contribution in [0, 0.1) is 6.92 Å². The number of carboxylic acid groups (broad SMARTS) is 2. The summed E-state index contributed by atoms with van der Waals surface area (Å²) in [4.78, 5) is 35.4. The van der Waals surface area contributed by atoms with Crippen molar-refractivity contribution in [2.45, 2.75) is 20.4 Å². The van der Waals surface area contributed by atoms with Gasteiger partial charge in [-0.1, -0.05) is 18.2 Å². The molecule has 0 radical (unpaired) electrons. The Morgan fingerprint density at radius 3 is 2.15 bits per heavy atom. The molecule has 0 atom stereocenters. The summed E-state index contributed by atoms with van der Waals surface area (Å²) in [6.07, 6.45) is 0. The number of rotatable bonds is 5. The van der Waals surface area contributed by atoms with Gasteiger partial charge in [0.05, 0.1) is 11.1 Å². The Morgan fingerprint density at radius 1 is 1.00 bits per heavy atom. The zero-order valence-electron chi connectivity index (χ0n) is 14.8. The van der Waals surface area contributed by atoms with Crippen LogP contribution in [-0.4, -0.2) is 32.6 Å². The van der Waals surface area contributed by atoms with Crippen molar-refractivity contribution in [3.8, 4) is 0 Å². The quantitative estimate of drug-likeness (QED) is 0.639. The van der Waals surface area contributed by atoms with E-state index in [-0.39, 0.29) is 16.8 Å². The Morgan fingerprint density at radius 2 is 1.59 bits per heavy atom. The van der Waals surface area contributed by atoms with E-state index in [9.17, 15) is 24.6 Å². The van der Waals surface area contributed by atoms with E-state index in [0.717, 1.165) is 22.5 Å². The maximum atomic E-state index is 12.9. The fourth-order valence-corrected chi connectivity index (χ4v) is 3.23. The molecule has 1 amide bonds. The molecule has 0 bridgehead atoms. The predicted octanol–water partition coefficient (Wildman–Crippen LogP) is 3.62. The molecule has 3 aromatic rings. The first-order valence-electron chi connectivity index (χ1n) is 8.34. The van der Waals surface area contributed by atoms with Crippen LogP contribution in [0.15, 0.2) is 42.5 Å². The molecule has 0 spiro atoms. The van der Waals surface area contributed by atoms with Gasteiger partial charge in [0, 0.05) is 23.1 Å². The molecule has 0 aliphatic carbocycles. The van der Waals surface area contributed by atoms with Crippen LogP contribution >= 0.6 is 0 Å². The first kappa shape index (κ1) is 18.2. The summed E-state index contributed by atoms with van der Waals surface area (Å²) in [5, 5.41) is 21.9. The number of hydrogen-bond acceptors (Lipinski definition) is 3. The van der Waals surface area contributed by atoms with Crippen LogP contribution in [0.2, 0.25) is 0 Å². The third-order valence-corrected chi connectivity index (χ3v) is 4.44. The van der Waals surface area contributed by atoms with E-state index in [1.807, 2.05) is 42.7 Å². The molecule has 0 saturated carbocycles. The third kappa shape index (κ3) is 3.27. The maximum absolute atomic E-state index is 12.9. The van der Waals surface area contributed by atoms with Crippen molar-refractivity contribution in [1.29, 1.82) is 0 Å². The minimum atomic E-state index is -1.27. The van der Waals surface area contributed by atoms with Gasteiger partial charge in [-0.05, 0) is 43.7 Å². The number of benzene rings is 2. The molecule has 138 valence electrons. The lowest BCUT2D eigenvalue weighted by Gasteiger charge is -2.11. The number of anilines is 1. The molecule has 1 heterocycles. The second kappa shape index (κ2) is 6.95. The third-order valence-electron chi connectivity index (χ3n) is 4.44. The van der Waals surface area contributed by atoms with E-state index in [2.05, 4.69) is 5.32 Å². The molecular formula is C20H18N2O5. The van der Waals surface area contributed by atoms with Gasteiger partial charge in [0.15, 0.2) is 0 Å². The molecular weight excluding hydrogens is 348 g/mol. The number of carboxylic acids is 2. The number of aromatic nitrogens is 1. The molecule has 7 heteroatoms. The molecule has 0 saturated heterocycles. The van der Waals surface area contributed by atoms with Crippen molar-refractivity contribution >= 4 is 34.4 Å². The number of carbonyl (C=O) groups is 3. The fraction of sp³-hybridized carbons (Fsp3) is 0.150. The topological polar surface area (TPSA) is 109 Å². The van der Waals surface area contributed by atoms with Gasteiger partial charge in [-0.25, -0.2) is 9.59 Å². The van der Waals surface area contributed by atoms with Gasteiger partial charge >= 0.3 is 11.9 Å². The van der Waals surface area contributed by atoms with E-state index in [1.54, 1.807) is 0 Å². The Bertz CT molecular complexity index is 1050. The number of nitrogens with zero attached hydrogens (tertiary/aromatic N) is 1. The Balaban J connectivity index is 2.06. The summed E-state index contributed by atoms with van der Waals surface area (Å²) in [5.41, 5.74) is 1.88. The number of nitrogens with one attached hydrogen (secondary N) is 1. The summed E-state index contributed by atoms with van der Waals surface area (Å²) >= 11 is 0. The van der Waals surface area contributed by atoms with Crippen molar-refractivity contribution in [3.05, 3.63) is 64.8 Å². The zero-order valence-corrected chi connectivity index (χ0v) is 14.8. The SMILES string of the molecule is CCn1c(C(=O)Nc2cc(C(=O)O)cc(C(=O)O)c2)c(C)c2ccccc21. The van der Waals surface area contributed by atoms with Crippen LogP contribution in [-0.2, 0) is 6.54 Å². The molecule has 0 fully saturated rings. The molecule has 2 aromatic carbocycles. The first-order chi connectivity index (χ1) is 12.8. The lowest BCUT2D eigenvalue weighted by atomic mass is 10.1. The van der Waals surface area contributed by atoms with Crippen LogP contribution < -0.4 is 5.32 Å². The Hall–Kier alpha value is -3.61. The first-order valence-corrected chi connectivity index (χ1v) is 8.34. The van der Waals surface area contributed by atoms with Crippen molar-refractivity contribution in [3.63, 3.8) is 0 Å². The zero-order chi connectivity index (χ0) is 19.7. The number of carbonyl (C=O) groups excluding carboxylic acids is 1. The molecule has 3 N–H and O–H groups in total. The average molecular weight is 366 g/mol. The van der Waals surface area contributed by atoms with Crippen LogP contribution in [0.5, 0.6) is 0 Å². The standard InChI is InChI=1S/C20H18N2O5/c1-3-22-16-7-5-4-6-15(16)11(2)17(22)18(23)21-14-9-12(19(24)25)8-13(10-14)20(26)27/h4-10H,3H2,1-2H3,(H,21,23)(H,24,25)(H,26,27). The smallest absolute Gasteiger partial charge is 0.335 e. The highest BCUT2D eigenvalue weighted by Gasteiger charge is 2.20. The molecule has 0 unspecified atom stereocenters.